The summed E-state index contributed by atoms with van der Waals surface area (Å²) in [6.45, 7) is 6.03. The molecule has 1 fully saturated rings. The molecule has 1 aliphatic heterocycles. The minimum Gasteiger partial charge on any atom is -0.266 e. The Hall–Kier alpha value is -1.90. The molecule has 2 heteroatoms. The zero-order valence-electron chi connectivity index (χ0n) is 12.4. The van der Waals surface area contributed by atoms with Crippen molar-refractivity contribution in [3.63, 3.8) is 0 Å². The van der Waals surface area contributed by atoms with Crippen LogP contribution >= 0.6 is 0 Å². The van der Waals surface area contributed by atoms with Crippen LogP contribution in [0, 0.1) is 0 Å². The van der Waals surface area contributed by atoms with Gasteiger partial charge in [-0.1, -0.05) is 66.7 Å². The van der Waals surface area contributed by atoms with Crippen molar-refractivity contribution in [2.75, 3.05) is 0 Å². The van der Waals surface area contributed by atoms with Crippen LogP contribution in [0.5, 0.6) is 0 Å². The van der Waals surface area contributed by atoms with Crippen LogP contribution in [0.2, 0.25) is 0 Å². The number of allylic oxidation sites excluding steroid dienone is 1. The summed E-state index contributed by atoms with van der Waals surface area (Å²) in [6.07, 6.45) is 3.82. The van der Waals surface area contributed by atoms with E-state index in [1.807, 2.05) is 18.2 Å². The number of rotatable bonds is 6. The fraction of sp³-hybridized carbons (Fsp3) is 0.263. The first-order valence-corrected chi connectivity index (χ1v) is 7.48. The lowest BCUT2D eigenvalue weighted by Gasteiger charge is -2.16. The average molecular weight is 279 g/mol. The first-order chi connectivity index (χ1) is 10.3. The van der Waals surface area contributed by atoms with Crippen LogP contribution in [-0.4, -0.2) is 5.06 Å². The highest BCUT2D eigenvalue weighted by atomic mass is 16.9. The van der Waals surface area contributed by atoms with Crippen LogP contribution in [0.4, 0.5) is 0 Å². The van der Waals surface area contributed by atoms with Gasteiger partial charge < -0.3 is 0 Å². The summed E-state index contributed by atoms with van der Waals surface area (Å²) in [5.41, 5.74) is 2.19. The molecule has 1 unspecified atom stereocenters. The Morgan fingerprint density at radius 2 is 1.71 bits per heavy atom. The summed E-state index contributed by atoms with van der Waals surface area (Å²) in [7, 11) is 0. The molecule has 0 N–H and O–H groups in total. The van der Waals surface area contributed by atoms with Gasteiger partial charge in [-0.15, -0.1) is 11.6 Å². The van der Waals surface area contributed by atoms with Crippen LogP contribution in [-0.2, 0) is 10.6 Å². The molecule has 0 aliphatic carbocycles. The molecule has 2 nitrogen and oxygen atoms in total. The van der Waals surface area contributed by atoms with E-state index >= 15 is 0 Å². The number of hydrogen-bond donors (Lipinski definition) is 0. The minimum absolute atomic E-state index is 0.233. The van der Waals surface area contributed by atoms with Gasteiger partial charge in [0.05, 0.1) is 6.04 Å². The molecule has 3 atom stereocenters. The van der Waals surface area contributed by atoms with Gasteiger partial charge in [-0.3, -0.25) is 4.84 Å². The SMILES string of the molecule is C=CCC[C@@]1(c2ccccc2)ON1[C@@H](C)c1ccccc1. The van der Waals surface area contributed by atoms with Crippen LogP contribution < -0.4 is 0 Å². The fourth-order valence-electron chi connectivity index (χ4n) is 2.88. The molecule has 0 aromatic heterocycles. The molecule has 108 valence electrons. The van der Waals surface area contributed by atoms with E-state index in [-0.39, 0.29) is 11.8 Å². The number of benzene rings is 2. The summed E-state index contributed by atoms with van der Waals surface area (Å²) in [5, 5.41) is 2.11. The molecule has 0 bridgehead atoms. The second-order valence-electron chi connectivity index (χ2n) is 5.48. The zero-order valence-corrected chi connectivity index (χ0v) is 12.4. The van der Waals surface area contributed by atoms with Crippen LogP contribution in [0.15, 0.2) is 73.3 Å². The number of hydrogen-bond acceptors (Lipinski definition) is 2. The lowest BCUT2D eigenvalue weighted by atomic mass is 9.98. The number of hydroxylamine groups is 2. The van der Waals surface area contributed by atoms with Gasteiger partial charge in [0.1, 0.15) is 0 Å². The molecule has 0 amide bonds. The Bertz CT molecular complexity index is 595. The Morgan fingerprint density at radius 1 is 1.10 bits per heavy atom. The van der Waals surface area contributed by atoms with Gasteiger partial charge in [-0.25, -0.2) is 0 Å². The van der Waals surface area contributed by atoms with Crippen LogP contribution in [0.25, 0.3) is 0 Å². The quantitative estimate of drug-likeness (QED) is 0.557. The van der Waals surface area contributed by atoms with Crippen molar-refractivity contribution in [1.82, 2.24) is 5.06 Å². The molecule has 0 radical (unpaired) electrons. The molecule has 21 heavy (non-hydrogen) atoms. The number of nitrogens with zero attached hydrogens (tertiary/aromatic N) is 1. The van der Waals surface area contributed by atoms with Crippen LogP contribution in [0.3, 0.4) is 0 Å². The monoisotopic (exact) mass is 279 g/mol. The Kier molecular flexibility index (Phi) is 3.91. The molecule has 2 aromatic carbocycles. The molecular weight excluding hydrogens is 258 g/mol. The molecule has 1 aliphatic rings. The summed E-state index contributed by atoms with van der Waals surface area (Å²) in [6, 6.07) is 21.2. The molecule has 3 rings (SSSR count). The Labute approximate surface area is 126 Å². The van der Waals surface area contributed by atoms with Crippen molar-refractivity contribution in [2.24, 2.45) is 0 Å². The molecule has 1 saturated heterocycles. The van der Waals surface area contributed by atoms with Crippen molar-refractivity contribution >= 4 is 0 Å². The molecule has 0 spiro atoms. The second-order valence-corrected chi connectivity index (χ2v) is 5.48. The van der Waals surface area contributed by atoms with Gasteiger partial charge in [0.15, 0.2) is 5.72 Å². The maximum atomic E-state index is 6.09. The summed E-state index contributed by atoms with van der Waals surface area (Å²) < 4.78 is 0. The highest BCUT2D eigenvalue weighted by Gasteiger charge is 2.58. The highest BCUT2D eigenvalue weighted by Crippen LogP contribution is 2.53. The van der Waals surface area contributed by atoms with Crippen molar-refractivity contribution in [3.05, 3.63) is 84.4 Å². The van der Waals surface area contributed by atoms with Gasteiger partial charge in [0.2, 0.25) is 0 Å². The summed E-state index contributed by atoms with van der Waals surface area (Å²) in [4.78, 5) is 6.09. The van der Waals surface area contributed by atoms with E-state index in [1.54, 1.807) is 0 Å². The van der Waals surface area contributed by atoms with E-state index < -0.39 is 0 Å². The predicted molar refractivity (Wildman–Crippen MR) is 85.3 cm³/mol. The standard InChI is InChI=1S/C19H21NO/c1-3-4-15-19(18-13-9-6-10-14-18)20(21-19)16(2)17-11-7-5-8-12-17/h3,5-14,16H,1,4,15H2,2H3/t16-,19-,20?/m0/s1. The van der Waals surface area contributed by atoms with Gasteiger partial charge in [-0.2, -0.15) is 0 Å². The van der Waals surface area contributed by atoms with Gasteiger partial charge in [-0.05, 0) is 18.9 Å². The van der Waals surface area contributed by atoms with E-state index in [4.69, 9.17) is 4.84 Å². The minimum atomic E-state index is -0.301. The molecule has 0 saturated carbocycles. The third-order valence-corrected chi connectivity index (χ3v) is 4.12. The predicted octanol–water partition coefficient (Wildman–Crippen LogP) is 4.81. The fourth-order valence-corrected chi connectivity index (χ4v) is 2.88. The van der Waals surface area contributed by atoms with Crippen molar-refractivity contribution < 1.29 is 4.84 Å². The van der Waals surface area contributed by atoms with Crippen molar-refractivity contribution in [2.45, 2.75) is 31.5 Å². The van der Waals surface area contributed by atoms with Gasteiger partial charge in [0, 0.05) is 12.0 Å². The first kappa shape index (κ1) is 14.1. The highest BCUT2D eigenvalue weighted by molar-refractivity contribution is 5.27. The summed E-state index contributed by atoms with van der Waals surface area (Å²) >= 11 is 0. The lowest BCUT2D eigenvalue weighted by molar-refractivity contribution is 0.153. The first-order valence-electron chi connectivity index (χ1n) is 7.48. The van der Waals surface area contributed by atoms with E-state index in [0.29, 0.717) is 0 Å². The van der Waals surface area contributed by atoms with E-state index in [0.717, 1.165) is 12.8 Å². The third-order valence-electron chi connectivity index (χ3n) is 4.12. The topological polar surface area (TPSA) is 15.5 Å². The van der Waals surface area contributed by atoms with Crippen molar-refractivity contribution in [1.29, 1.82) is 0 Å². The van der Waals surface area contributed by atoms with E-state index in [9.17, 15) is 0 Å². The summed E-state index contributed by atoms with van der Waals surface area (Å²) in [5.74, 6) is 0. The lowest BCUT2D eigenvalue weighted by Crippen LogP contribution is -2.19. The molecule has 1 heterocycles. The van der Waals surface area contributed by atoms with Gasteiger partial charge >= 0.3 is 0 Å². The van der Waals surface area contributed by atoms with Crippen molar-refractivity contribution in [3.8, 4) is 0 Å². The maximum Gasteiger partial charge on any atom is 0.191 e. The third kappa shape index (κ3) is 2.65. The van der Waals surface area contributed by atoms with E-state index in [2.05, 4.69) is 67.1 Å². The largest absolute Gasteiger partial charge is 0.266 e. The zero-order chi connectivity index (χ0) is 14.7. The smallest absolute Gasteiger partial charge is 0.191 e. The average Bonchev–Trinajstić information content (AvgIpc) is 3.30. The van der Waals surface area contributed by atoms with Gasteiger partial charge in [0.25, 0.3) is 0 Å². The second kappa shape index (κ2) is 5.84. The Balaban J connectivity index is 1.86. The molecule has 2 aromatic rings. The maximum absolute atomic E-state index is 6.09. The molecular formula is C19H21NO. The van der Waals surface area contributed by atoms with Crippen LogP contribution in [0.1, 0.15) is 36.9 Å². The van der Waals surface area contributed by atoms with E-state index in [1.165, 1.54) is 11.1 Å². The Morgan fingerprint density at radius 3 is 2.33 bits per heavy atom. The normalized spacial score (nSPS) is 25.3.